The van der Waals surface area contributed by atoms with Crippen LogP contribution in [0.15, 0.2) is 12.4 Å². The van der Waals surface area contributed by atoms with Crippen LogP contribution in [-0.4, -0.2) is 33.8 Å². The molecule has 1 unspecified atom stereocenters. The third-order valence-electron chi connectivity index (χ3n) is 2.37. The minimum Gasteiger partial charge on any atom is -0.475 e. The summed E-state index contributed by atoms with van der Waals surface area (Å²) in [6.45, 7) is 10.7. The van der Waals surface area contributed by atoms with Gasteiger partial charge in [-0.3, -0.25) is 0 Å². The van der Waals surface area contributed by atoms with Gasteiger partial charge in [0.05, 0.1) is 12.2 Å². The Morgan fingerprint density at radius 1 is 1.32 bits per heavy atom. The van der Waals surface area contributed by atoms with Crippen molar-refractivity contribution in [1.29, 1.82) is 0 Å². The molecular weight excluding hydrogens is 242 g/mol. The fourth-order valence-corrected chi connectivity index (χ4v) is 1.74. The van der Waals surface area contributed by atoms with Gasteiger partial charge < -0.3 is 15.2 Å². The molecular formula is C14H25N3O2. The maximum absolute atomic E-state index is 9.92. The molecule has 5 heteroatoms. The Morgan fingerprint density at radius 3 is 2.58 bits per heavy atom. The van der Waals surface area contributed by atoms with Gasteiger partial charge in [0.2, 0.25) is 5.88 Å². The van der Waals surface area contributed by atoms with Crippen LogP contribution in [0.4, 0.5) is 5.82 Å². The number of anilines is 1. The summed E-state index contributed by atoms with van der Waals surface area (Å²) < 4.78 is 5.49. The average Bonchev–Trinajstić information content (AvgIpc) is 2.23. The van der Waals surface area contributed by atoms with E-state index in [-0.39, 0.29) is 11.5 Å². The fourth-order valence-electron chi connectivity index (χ4n) is 1.74. The quantitative estimate of drug-likeness (QED) is 0.828. The number of aliphatic hydroxyl groups is 1. The van der Waals surface area contributed by atoms with Crippen molar-refractivity contribution in [1.82, 2.24) is 9.97 Å². The molecule has 1 heterocycles. The summed E-state index contributed by atoms with van der Waals surface area (Å²) in [7, 11) is 0. The molecule has 5 nitrogen and oxygen atoms in total. The van der Waals surface area contributed by atoms with Crippen molar-refractivity contribution < 1.29 is 9.84 Å². The van der Waals surface area contributed by atoms with Crippen LogP contribution >= 0.6 is 0 Å². The summed E-state index contributed by atoms with van der Waals surface area (Å²) in [5, 5.41) is 13.0. The smallest absolute Gasteiger partial charge is 0.218 e. The van der Waals surface area contributed by atoms with Crippen molar-refractivity contribution in [3.63, 3.8) is 0 Å². The molecule has 2 N–H and O–H groups in total. The second kappa shape index (κ2) is 6.70. The minimum atomic E-state index is -0.399. The highest BCUT2D eigenvalue weighted by atomic mass is 16.5. The van der Waals surface area contributed by atoms with Crippen molar-refractivity contribution in [2.75, 3.05) is 11.9 Å². The molecule has 0 radical (unpaired) electrons. The van der Waals surface area contributed by atoms with Gasteiger partial charge in [-0.2, -0.15) is 0 Å². The van der Waals surface area contributed by atoms with Gasteiger partial charge in [0.1, 0.15) is 12.1 Å². The first-order valence-electron chi connectivity index (χ1n) is 6.67. The molecule has 0 bridgehead atoms. The lowest BCUT2D eigenvalue weighted by Gasteiger charge is -2.22. The largest absolute Gasteiger partial charge is 0.475 e. The molecule has 108 valence electrons. The number of rotatable bonds is 6. The van der Waals surface area contributed by atoms with Crippen molar-refractivity contribution >= 4 is 5.82 Å². The van der Waals surface area contributed by atoms with Gasteiger partial charge in [0.15, 0.2) is 0 Å². The predicted octanol–water partition coefficient (Wildman–Crippen LogP) is 2.47. The van der Waals surface area contributed by atoms with Gasteiger partial charge in [0.25, 0.3) is 0 Å². The van der Waals surface area contributed by atoms with Gasteiger partial charge in [-0.05, 0) is 25.7 Å². The maximum Gasteiger partial charge on any atom is 0.218 e. The number of nitrogens with zero attached hydrogens (tertiary/aromatic N) is 2. The Labute approximate surface area is 115 Å². The Hall–Kier alpha value is -1.36. The molecule has 0 aliphatic rings. The van der Waals surface area contributed by atoms with Crippen LogP contribution in [0.25, 0.3) is 0 Å². The molecule has 0 saturated carbocycles. The lowest BCUT2D eigenvalue weighted by Crippen LogP contribution is -2.25. The number of aromatic nitrogens is 2. The van der Waals surface area contributed by atoms with Crippen molar-refractivity contribution in [3.05, 3.63) is 12.4 Å². The Balaban J connectivity index is 2.49. The van der Waals surface area contributed by atoms with Crippen LogP contribution in [0, 0.1) is 5.41 Å². The molecule has 19 heavy (non-hydrogen) atoms. The fraction of sp³-hybridized carbons (Fsp3) is 0.714. The SMILES string of the molecule is CC(C)Oc1cc(NCC(O)CC(C)(C)C)ncn1. The summed E-state index contributed by atoms with van der Waals surface area (Å²) >= 11 is 0. The molecule has 1 aromatic rings. The Kier molecular flexibility index (Phi) is 5.54. The van der Waals surface area contributed by atoms with E-state index >= 15 is 0 Å². The monoisotopic (exact) mass is 267 g/mol. The van der Waals surface area contributed by atoms with Gasteiger partial charge in [-0.15, -0.1) is 0 Å². The van der Waals surface area contributed by atoms with E-state index in [1.165, 1.54) is 6.33 Å². The van der Waals surface area contributed by atoms with Crippen LogP contribution in [0.1, 0.15) is 41.0 Å². The molecule has 0 amide bonds. The van der Waals surface area contributed by atoms with Crippen LogP contribution in [-0.2, 0) is 0 Å². The van der Waals surface area contributed by atoms with E-state index in [0.717, 1.165) is 6.42 Å². The first kappa shape index (κ1) is 15.7. The topological polar surface area (TPSA) is 67.3 Å². The molecule has 0 aliphatic carbocycles. The van der Waals surface area contributed by atoms with E-state index in [1.54, 1.807) is 6.07 Å². The van der Waals surface area contributed by atoms with E-state index in [4.69, 9.17) is 4.74 Å². The first-order chi connectivity index (χ1) is 8.76. The molecule has 0 aromatic carbocycles. The zero-order valence-electron chi connectivity index (χ0n) is 12.5. The highest BCUT2D eigenvalue weighted by Gasteiger charge is 2.16. The van der Waals surface area contributed by atoms with Gasteiger partial charge in [-0.25, -0.2) is 9.97 Å². The molecule has 1 atom stereocenters. The second-order valence-electron chi connectivity index (χ2n) is 6.21. The Bertz CT molecular complexity index is 389. The average molecular weight is 267 g/mol. The molecule has 0 aliphatic heterocycles. The maximum atomic E-state index is 9.92. The van der Waals surface area contributed by atoms with Gasteiger partial charge in [0, 0.05) is 12.6 Å². The normalized spacial score (nSPS) is 13.4. The summed E-state index contributed by atoms with van der Waals surface area (Å²) in [6, 6.07) is 1.74. The number of ether oxygens (including phenoxy) is 1. The lowest BCUT2D eigenvalue weighted by atomic mass is 9.89. The highest BCUT2D eigenvalue weighted by molar-refractivity contribution is 5.37. The van der Waals surface area contributed by atoms with Crippen LogP contribution in [0.5, 0.6) is 5.88 Å². The Morgan fingerprint density at radius 2 is 2.00 bits per heavy atom. The van der Waals surface area contributed by atoms with Crippen molar-refractivity contribution in [2.24, 2.45) is 5.41 Å². The van der Waals surface area contributed by atoms with Crippen LogP contribution < -0.4 is 10.1 Å². The lowest BCUT2D eigenvalue weighted by molar-refractivity contribution is 0.132. The third kappa shape index (κ3) is 6.96. The molecule has 1 rings (SSSR count). The molecule has 0 spiro atoms. The van der Waals surface area contributed by atoms with Crippen molar-refractivity contribution in [3.8, 4) is 5.88 Å². The van der Waals surface area contributed by atoms with Gasteiger partial charge >= 0.3 is 0 Å². The predicted molar refractivity (Wildman–Crippen MR) is 76.4 cm³/mol. The number of hydrogen-bond acceptors (Lipinski definition) is 5. The summed E-state index contributed by atoms with van der Waals surface area (Å²) in [5.41, 5.74) is 0.110. The number of aliphatic hydroxyl groups excluding tert-OH is 1. The van der Waals surface area contributed by atoms with E-state index in [1.807, 2.05) is 13.8 Å². The first-order valence-corrected chi connectivity index (χ1v) is 6.67. The highest BCUT2D eigenvalue weighted by Crippen LogP contribution is 2.21. The second-order valence-corrected chi connectivity index (χ2v) is 6.21. The van der Waals surface area contributed by atoms with E-state index in [0.29, 0.717) is 18.2 Å². The minimum absolute atomic E-state index is 0.0780. The summed E-state index contributed by atoms with van der Waals surface area (Å²) in [6.07, 6.45) is 1.87. The molecule has 0 fully saturated rings. The number of hydrogen-bond donors (Lipinski definition) is 2. The summed E-state index contributed by atoms with van der Waals surface area (Å²) in [4.78, 5) is 8.13. The van der Waals surface area contributed by atoms with E-state index < -0.39 is 6.10 Å². The molecule has 0 saturated heterocycles. The zero-order chi connectivity index (χ0) is 14.5. The van der Waals surface area contributed by atoms with Crippen LogP contribution in [0.3, 0.4) is 0 Å². The third-order valence-corrected chi connectivity index (χ3v) is 2.37. The molecule has 1 aromatic heterocycles. The summed E-state index contributed by atoms with van der Waals surface area (Å²) in [5.74, 6) is 1.21. The zero-order valence-corrected chi connectivity index (χ0v) is 12.5. The van der Waals surface area contributed by atoms with Crippen molar-refractivity contribution in [2.45, 2.75) is 53.2 Å². The van der Waals surface area contributed by atoms with Crippen LogP contribution in [0.2, 0.25) is 0 Å². The van der Waals surface area contributed by atoms with Gasteiger partial charge in [-0.1, -0.05) is 20.8 Å². The number of nitrogens with one attached hydrogen (secondary N) is 1. The standard InChI is InChI=1S/C14H25N3O2/c1-10(2)19-13-6-12(16-9-17-13)15-8-11(18)7-14(3,4)5/h6,9-11,18H,7-8H2,1-5H3,(H,15,16,17). The van der Waals surface area contributed by atoms with E-state index in [9.17, 15) is 5.11 Å². The van der Waals surface area contributed by atoms with E-state index in [2.05, 4.69) is 36.1 Å².